The van der Waals surface area contributed by atoms with Gasteiger partial charge in [-0.25, -0.2) is 13.4 Å². The zero-order valence-electron chi connectivity index (χ0n) is 16.7. The minimum atomic E-state index is -3.54. The first kappa shape index (κ1) is 20.1. The number of morpholine rings is 1. The van der Waals surface area contributed by atoms with E-state index in [0.29, 0.717) is 44.9 Å². The first-order valence-electron chi connectivity index (χ1n) is 9.77. The highest BCUT2D eigenvalue weighted by Crippen LogP contribution is 2.24. The Hall–Kier alpha value is -2.20. The van der Waals surface area contributed by atoms with Gasteiger partial charge in [0.15, 0.2) is 0 Å². The molecule has 1 aliphatic heterocycles. The van der Waals surface area contributed by atoms with Crippen LogP contribution < -0.4 is 0 Å². The van der Waals surface area contributed by atoms with E-state index in [2.05, 4.69) is 16.4 Å². The molecule has 0 spiro atoms. The van der Waals surface area contributed by atoms with Crippen molar-refractivity contribution in [3.05, 3.63) is 48.2 Å². The SMILES string of the molecule is CCn1c(CN(C)Cc2ccco2)nc2cc(S(=O)(=O)N3CCOCC3)ccc21. The maximum absolute atomic E-state index is 13.0. The monoisotopic (exact) mass is 418 g/mol. The minimum absolute atomic E-state index is 0.281. The van der Waals surface area contributed by atoms with E-state index in [1.807, 2.05) is 25.2 Å². The summed E-state index contributed by atoms with van der Waals surface area (Å²) in [6, 6.07) is 9.04. The molecule has 1 saturated heterocycles. The smallest absolute Gasteiger partial charge is 0.243 e. The number of ether oxygens (including phenoxy) is 1. The van der Waals surface area contributed by atoms with Crippen LogP contribution in [0.4, 0.5) is 0 Å². The number of nitrogens with zero attached hydrogens (tertiary/aromatic N) is 4. The van der Waals surface area contributed by atoms with Crippen molar-refractivity contribution in [3.8, 4) is 0 Å². The number of sulfonamides is 1. The third-order valence-corrected chi connectivity index (χ3v) is 7.03. The van der Waals surface area contributed by atoms with Crippen LogP contribution >= 0.6 is 0 Å². The van der Waals surface area contributed by atoms with E-state index in [1.54, 1.807) is 18.4 Å². The number of imidazole rings is 1. The van der Waals surface area contributed by atoms with Crippen molar-refractivity contribution in [1.29, 1.82) is 0 Å². The van der Waals surface area contributed by atoms with Crippen LogP contribution in [0.15, 0.2) is 45.9 Å². The molecule has 156 valence electrons. The molecule has 3 aromatic rings. The van der Waals surface area contributed by atoms with Crippen LogP contribution in [0.3, 0.4) is 0 Å². The van der Waals surface area contributed by atoms with Gasteiger partial charge in [0.1, 0.15) is 11.6 Å². The third kappa shape index (κ3) is 4.09. The summed E-state index contributed by atoms with van der Waals surface area (Å²) in [5.41, 5.74) is 1.64. The summed E-state index contributed by atoms with van der Waals surface area (Å²) < 4.78 is 40.2. The van der Waals surface area contributed by atoms with Gasteiger partial charge in [-0.15, -0.1) is 0 Å². The first-order valence-corrected chi connectivity index (χ1v) is 11.2. The molecule has 0 radical (unpaired) electrons. The summed E-state index contributed by atoms with van der Waals surface area (Å²) in [5.74, 6) is 1.79. The highest BCUT2D eigenvalue weighted by molar-refractivity contribution is 7.89. The van der Waals surface area contributed by atoms with E-state index >= 15 is 0 Å². The van der Waals surface area contributed by atoms with Crippen molar-refractivity contribution in [2.75, 3.05) is 33.4 Å². The summed E-state index contributed by atoms with van der Waals surface area (Å²) in [5, 5.41) is 0. The molecule has 3 heterocycles. The van der Waals surface area contributed by atoms with E-state index in [9.17, 15) is 8.42 Å². The average molecular weight is 419 g/mol. The van der Waals surface area contributed by atoms with Crippen LogP contribution in [-0.4, -0.2) is 60.5 Å². The summed E-state index contributed by atoms with van der Waals surface area (Å²) >= 11 is 0. The molecule has 1 aromatic carbocycles. The normalized spacial score (nSPS) is 16.1. The summed E-state index contributed by atoms with van der Waals surface area (Å²) in [6.45, 7) is 5.76. The second-order valence-corrected chi connectivity index (χ2v) is 9.13. The van der Waals surface area contributed by atoms with Gasteiger partial charge < -0.3 is 13.7 Å². The van der Waals surface area contributed by atoms with Gasteiger partial charge in [0, 0.05) is 19.6 Å². The molecule has 0 unspecified atom stereocenters. The van der Waals surface area contributed by atoms with Gasteiger partial charge in [0.2, 0.25) is 10.0 Å². The number of benzene rings is 1. The molecule has 0 aliphatic carbocycles. The predicted octanol–water partition coefficient (Wildman–Crippen LogP) is 2.30. The zero-order valence-corrected chi connectivity index (χ0v) is 17.6. The van der Waals surface area contributed by atoms with Crippen molar-refractivity contribution in [3.63, 3.8) is 0 Å². The maximum atomic E-state index is 13.0. The Morgan fingerprint density at radius 1 is 1.17 bits per heavy atom. The second-order valence-electron chi connectivity index (χ2n) is 7.19. The highest BCUT2D eigenvalue weighted by atomic mass is 32.2. The Morgan fingerprint density at radius 2 is 1.97 bits per heavy atom. The van der Waals surface area contributed by atoms with Crippen LogP contribution in [0.25, 0.3) is 11.0 Å². The number of aromatic nitrogens is 2. The van der Waals surface area contributed by atoms with Crippen LogP contribution in [0.2, 0.25) is 0 Å². The molecule has 0 N–H and O–H groups in total. The Labute approximate surface area is 170 Å². The largest absolute Gasteiger partial charge is 0.468 e. The van der Waals surface area contributed by atoms with Crippen molar-refractivity contribution in [2.45, 2.75) is 31.5 Å². The summed E-state index contributed by atoms with van der Waals surface area (Å²) in [6.07, 6.45) is 1.67. The van der Waals surface area contributed by atoms with Gasteiger partial charge in [0.05, 0.1) is 48.5 Å². The van der Waals surface area contributed by atoms with Crippen molar-refractivity contribution in [2.24, 2.45) is 0 Å². The number of aryl methyl sites for hydroxylation is 1. The Morgan fingerprint density at radius 3 is 2.66 bits per heavy atom. The number of hydrogen-bond donors (Lipinski definition) is 0. The number of rotatable bonds is 7. The minimum Gasteiger partial charge on any atom is -0.468 e. The van der Waals surface area contributed by atoms with Gasteiger partial charge >= 0.3 is 0 Å². The predicted molar refractivity (Wildman–Crippen MR) is 109 cm³/mol. The molecule has 9 heteroatoms. The molecule has 0 bridgehead atoms. The first-order chi connectivity index (χ1) is 14.0. The zero-order chi connectivity index (χ0) is 20.4. The third-order valence-electron chi connectivity index (χ3n) is 5.14. The molecular weight excluding hydrogens is 392 g/mol. The lowest BCUT2D eigenvalue weighted by Crippen LogP contribution is -2.40. The molecule has 0 saturated carbocycles. The van der Waals surface area contributed by atoms with Crippen LogP contribution in [0.5, 0.6) is 0 Å². The topological polar surface area (TPSA) is 80.8 Å². The molecule has 1 fully saturated rings. The fourth-order valence-electron chi connectivity index (χ4n) is 3.70. The van der Waals surface area contributed by atoms with Gasteiger partial charge in [-0.3, -0.25) is 4.90 Å². The summed E-state index contributed by atoms with van der Waals surface area (Å²) in [4.78, 5) is 7.16. The Balaban J connectivity index is 1.62. The van der Waals surface area contributed by atoms with Gasteiger partial charge in [-0.05, 0) is 44.3 Å². The van der Waals surface area contributed by atoms with E-state index < -0.39 is 10.0 Å². The van der Waals surface area contributed by atoms with E-state index in [0.717, 1.165) is 23.6 Å². The molecular formula is C20H26N4O4S. The molecule has 4 rings (SSSR count). The van der Waals surface area contributed by atoms with Crippen LogP contribution in [0, 0.1) is 0 Å². The van der Waals surface area contributed by atoms with Gasteiger partial charge in [-0.1, -0.05) is 0 Å². The average Bonchev–Trinajstić information content (AvgIpc) is 3.34. The van der Waals surface area contributed by atoms with Crippen molar-refractivity contribution in [1.82, 2.24) is 18.8 Å². The van der Waals surface area contributed by atoms with E-state index in [-0.39, 0.29) is 4.90 Å². The van der Waals surface area contributed by atoms with Crippen molar-refractivity contribution >= 4 is 21.1 Å². The molecule has 0 amide bonds. The molecule has 8 nitrogen and oxygen atoms in total. The second kappa shape index (κ2) is 8.27. The fourth-order valence-corrected chi connectivity index (χ4v) is 5.12. The lowest BCUT2D eigenvalue weighted by molar-refractivity contribution is 0.0730. The molecule has 2 aromatic heterocycles. The highest BCUT2D eigenvalue weighted by Gasteiger charge is 2.27. The molecule has 1 aliphatic rings. The van der Waals surface area contributed by atoms with E-state index in [4.69, 9.17) is 14.1 Å². The Bertz CT molecular complexity index is 1070. The number of fused-ring (bicyclic) bond motifs is 1. The number of hydrogen-bond acceptors (Lipinski definition) is 6. The summed E-state index contributed by atoms with van der Waals surface area (Å²) in [7, 11) is -1.53. The Kier molecular flexibility index (Phi) is 5.73. The van der Waals surface area contributed by atoms with E-state index in [1.165, 1.54) is 4.31 Å². The van der Waals surface area contributed by atoms with Crippen LogP contribution in [0.1, 0.15) is 18.5 Å². The van der Waals surface area contributed by atoms with Gasteiger partial charge in [0.25, 0.3) is 0 Å². The lowest BCUT2D eigenvalue weighted by atomic mass is 10.3. The molecule has 0 atom stereocenters. The number of furan rings is 1. The fraction of sp³-hybridized carbons (Fsp3) is 0.450. The molecule has 29 heavy (non-hydrogen) atoms. The van der Waals surface area contributed by atoms with Crippen LogP contribution in [-0.2, 0) is 34.4 Å². The standard InChI is InChI=1S/C20H26N4O4S/c1-3-24-19-7-6-17(29(25,26)23-8-11-27-12-9-23)13-18(19)21-20(24)15-22(2)14-16-5-4-10-28-16/h4-7,10,13H,3,8-9,11-12,14-15H2,1-2H3. The van der Waals surface area contributed by atoms with Gasteiger partial charge in [-0.2, -0.15) is 4.31 Å². The van der Waals surface area contributed by atoms with Crippen molar-refractivity contribution < 1.29 is 17.6 Å². The quantitative estimate of drug-likeness (QED) is 0.586. The lowest BCUT2D eigenvalue weighted by Gasteiger charge is -2.26. The maximum Gasteiger partial charge on any atom is 0.243 e.